The van der Waals surface area contributed by atoms with Crippen LogP contribution >= 0.6 is 11.5 Å². The molecular weight excluding hydrogens is 112 g/mol. The minimum atomic E-state index is 0.0903. The molecule has 0 radical (unpaired) electrons. The van der Waals surface area contributed by atoms with Gasteiger partial charge in [0.05, 0.1) is 5.10 Å². The Kier molecular flexibility index (Phi) is 0.941. The van der Waals surface area contributed by atoms with Gasteiger partial charge in [-0.2, -0.15) is 0 Å². The van der Waals surface area contributed by atoms with Gasteiger partial charge in [0.25, 0.3) is 5.88 Å². The smallest absolute Gasteiger partial charge is 0.293 e. The lowest BCUT2D eigenvalue weighted by Gasteiger charge is -1.63. The molecule has 0 aliphatic heterocycles. The highest BCUT2D eigenvalue weighted by Gasteiger charge is 1.98. The standard InChI is InChI=1S/C3H4N2OS/c1-5-4-3(6)2-7-5/h2H,1H3/p+1. The van der Waals surface area contributed by atoms with E-state index in [4.69, 9.17) is 5.11 Å². The lowest BCUT2D eigenvalue weighted by atomic mass is 10.9. The molecular formula is C3H5N2OS+. The van der Waals surface area contributed by atoms with Crippen molar-refractivity contribution in [2.24, 2.45) is 7.05 Å². The van der Waals surface area contributed by atoms with E-state index in [1.54, 1.807) is 16.5 Å². The van der Waals surface area contributed by atoms with Gasteiger partial charge in [0.1, 0.15) is 5.38 Å². The zero-order valence-electron chi connectivity index (χ0n) is 3.83. The fourth-order valence-corrected chi connectivity index (χ4v) is 0.740. The van der Waals surface area contributed by atoms with Crippen LogP contribution in [0.1, 0.15) is 0 Å². The van der Waals surface area contributed by atoms with E-state index in [1.807, 2.05) is 0 Å². The van der Waals surface area contributed by atoms with Gasteiger partial charge in [-0.1, -0.05) is 0 Å². The van der Waals surface area contributed by atoms with Gasteiger partial charge >= 0.3 is 0 Å². The van der Waals surface area contributed by atoms with Gasteiger partial charge in [0.2, 0.25) is 0 Å². The monoisotopic (exact) mass is 117 g/mol. The number of aromatic nitrogens is 2. The summed E-state index contributed by atoms with van der Waals surface area (Å²) in [4.78, 5) is 0. The van der Waals surface area contributed by atoms with Crippen molar-refractivity contribution in [3.05, 3.63) is 5.38 Å². The quantitative estimate of drug-likeness (QED) is 0.472. The first kappa shape index (κ1) is 4.52. The molecule has 0 aromatic carbocycles. The Morgan fingerprint density at radius 3 is 2.86 bits per heavy atom. The van der Waals surface area contributed by atoms with Crippen molar-refractivity contribution < 1.29 is 9.18 Å². The number of hydrogen-bond acceptors (Lipinski definition) is 3. The van der Waals surface area contributed by atoms with E-state index in [-0.39, 0.29) is 5.88 Å². The van der Waals surface area contributed by atoms with Crippen LogP contribution in [0.2, 0.25) is 0 Å². The summed E-state index contributed by atoms with van der Waals surface area (Å²) >= 11 is 1.36. The molecule has 3 nitrogen and oxygen atoms in total. The molecule has 1 rings (SSSR count). The van der Waals surface area contributed by atoms with Crippen LogP contribution in [0.15, 0.2) is 5.38 Å². The maximum Gasteiger partial charge on any atom is 0.293 e. The number of aromatic hydroxyl groups is 1. The molecule has 0 aliphatic carbocycles. The molecule has 38 valence electrons. The van der Waals surface area contributed by atoms with E-state index in [0.29, 0.717) is 0 Å². The third-order valence-corrected chi connectivity index (χ3v) is 1.26. The maximum absolute atomic E-state index is 8.53. The van der Waals surface area contributed by atoms with Crippen LogP contribution in [-0.4, -0.2) is 10.2 Å². The molecule has 1 aromatic rings. The van der Waals surface area contributed by atoms with Gasteiger partial charge in [0, 0.05) is 0 Å². The van der Waals surface area contributed by atoms with Crippen molar-refractivity contribution in [3.63, 3.8) is 0 Å². The molecule has 0 bridgehead atoms. The number of rotatable bonds is 0. The zero-order chi connectivity index (χ0) is 5.28. The molecule has 0 aliphatic rings. The fourth-order valence-electron chi connectivity index (χ4n) is 0.315. The molecule has 0 unspecified atom stereocenters. The van der Waals surface area contributed by atoms with Crippen molar-refractivity contribution in [2.75, 3.05) is 0 Å². The molecule has 0 amide bonds. The van der Waals surface area contributed by atoms with Crippen molar-refractivity contribution in [1.29, 1.82) is 0 Å². The minimum Gasteiger partial charge on any atom is -0.489 e. The molecule has 4 heteroatoms. The zero-order valence-corrected chi connectivity index (χ0v) is 4.64. The Morgan fingerprint density at radius 2 is 2.71 bits per heavy atom. The predicted molar refractivity (Wildman–Crippen MR) is 25.0 cm³/mol. The molecule has 0 atom stereocenters. The number of nitrogens with zero attached hydrogens (tertiary/aromatic N) is 2. The van der Waals surface area contributed by atoms with Gasteiger partial charge in [-0.15, -0.1) is 0 Å². The van der Waals surface area contributed by atoms with Crippen LogP contribution in [0.25, 0.3) is 0 Å². The molecule has 0 fully saturated rings. The van der Waals surface area contributed by atoms with Gasteiger partial charge in [0.15, 0.2) is 18.6 Å². The summed E-state index contributed by atoms with van der Waals surface area (Å²) < 4.78 is 1.58. The third kappa shape index (κ3) is 0.866. The number of aryl methyl sites for hydroxylation is 1. The van der Waals surface area contributed by atoms with Crippen LogP contribution in [0.4, 0.5) is 0 Å². The fraction of sp³-hybridized carbons (Fsp3) is 0.333. The van der Waals surface area contributed by atoms with Crippen LogP contribution in [0.5, 0.6) is 5.88 Å². The van der Waals surface area contributed by atoms with E-state index >= 15 is 0 Å². The van der Waals surface area contributed by atoms with Crippen LogP contribution in [0, 0.1) is 0 Å². The van der Waals surface area contributed by atoms with Crippen molar-refractivity contribution in [1.82, 2.24) is 5.10 Å². The van der Waals surface area contributed by atoms with Crippen molar-refractivity contribution >= 4 is 11.5 Å². The summed E-state index contributed by atoms with van der Waals surface area (Å²) in [5.41, 5.74) is 0. The normalized spacial score (nSPS) is 9.29. The average Bonchev–Trinajstić information content (AvgIpc) is 1.87. The van der Waals surface area contributed by atoms with Crippen LogP contribution < -0.4 is 4.07 Å². The van der Waals surface area contributed by atoms with E-state index < -0.39 is 0 Å². The van der Waals surface area contributed by atoms with Crippen LogP contribution in [0.3, 0.4) is 0 Å². The second kappa shape index (κ2) is 1.46. The molecule has 0 saturated heterocycles. The first-order valence-corrected chi connectivity index (χ1v) is 2.64. The second-order valence-electron chi connectivity index (χ2n) is 1.15. The first-order chi connectivity index (χ1) is 3.29. The van der Waals surface area contributed by atoms with Crippen LogP contribution in [-0.2, 0) is 7.05 Å². The largest absolute Gasteiger partial charge is 0.489 e. The Balaban J connectivity index is 3.04. The van der Waals surface area contributed by atoms with E-state index in [1.165, 1.54) is 11.5 Å². The third-order valence-electron chi connectivity index (χ3n) is 0.554. The van der Waals surface area contributed by atoms with Crippen molar-refractivity contribution in [3.8, 4) is 5.88 Å². The van der Waals surface area contributed by atoms with E-state index in [2.05, 4.69) is 5.10 Å². The highest BCUT2D eigenvalue weighted by molar-refractivity contribution is 6.99. The summed E-state index contributed by atoms with van der Waals surface area (Å²) in [5, 5.41) is 13.7. The van der Waals surface area contributed by atoms with Gasteiger partial charge in [-0.05, 0) is 4.07 Å². The average molecular weight is 117 g/mol. The summed E-state index contributed by atoms with van der Waals surface area (Å²) in [6, 6.07) is 0. The maximum atomic E-state index is 8.53. The molecule has 1 heterocycles. The van der Waals surface area contributed by atoms with Crippen molar-refractivity contribution in [2.45, 2.75) is 0 Å². The topological polar surface area (TPSA) is 37.0 Å². The summed E-state index contributed by atoms with van der Waals surface area (Å²) in [6.07, 6.45) is 0. The Morgan fingerprint density at radius 1 is 2.00 bits per heavy atom. The lowest BCUT2D eigenvalue weighted by molar-refractivity contribution is -0.663. The Hall–Kier alpha value is -0.640. The molecule has 7 heavy (non-hydrogen) atoms. The van der Waals surface area contributed by atoms with E-state index in [9.17, 15) is 0 Å². The summed E-state index contributed by atoms with van der Waals surface area (Å²) in [6.45, 7) is 0. The van der Waals surface area contributed by atoms with E-state index in [0.717, 1.165) is 0 Å². The SMILES string of the molecule is C[n+]1nc(O)cs1. The summed E-state index contributed by atoms with van der Waals surface area (Å²) in [5.74, 6) is 0.0903. The molecule has 1 N–H and O–H groups in total. The lowest BCUT2D eigenvalue weighted by Crippen LogP contribution is -2.24. The Labute approximate surface area is 45.0 Å². The number of hydrogen-bond donors (Lipinski definition) is 1. The predicted octanol–water partition coefficient (Wildman–Crippen LogP) is -0.327. The molecule has 1 aromatic heterocycles. The second-order valence-corrected chi connectivity index (χ2v) is 2.12. The molecule has 0 saturated carbocycles. The minimum absolute atomic E-state index is 0.0903. The Bertz CT molecular complexity index is 145. The van der Waals surface area contributed by atoms with Gasteiger partial charge in [-0.25, -0.2) is 0 Å². The highest BCUT2D eigenvalue weighted by atomic mass is 32.1. The highest BCUT2D eigenvalue weighted by Crippen LogP contribution is 1.98. The summed E-state index contributed by atoms with van der Waals surface area (Å²) in [7, 11) is 1.77. The first-order valence-electron chi connectivity index (χ1n) is 1.80. The van der Waals surface area contributed by atoms with Gasteiger partial charge in [-0.3, -0.25) is 0 Å². The van der Waals surface area contributed by atoms with Gasteiger partial charge < -0.3 is 5.11 Å². The molecule has 0 spiro atoms.